The first-order chi connectivity index (χ1) is 21.2. The van der Waals surface area contributed by atoms with E-state index >= 15 is 0 Å². The van der Waals surface area contributed by atoms with Gasteiger partial charge in [-0.1, -0.05) is 13.0 Å². The predicted molar refractivity (Wildman–Crippen MR) is 162 cm³/mol. The molecule has 3 heterocycles. The van der Waals surface area contributed by atoms with Crippen molar-refractivity contribution in [2.45, 2.75) is 45.1 Å². The molecule has 1 aromatic heterocycles. The quantitative estimate of drug-likeness (QED) is 0.254. The van der Waals surface area contributed by atoms with Gasteiger partial charge in [-0.05, 0) is 60.9 Å². The minimum atomic E-state index is -2.64. The lowest BCUT2D eigenvalue weighted by Gasteiger charge is -2.17. The zero-order valence-electron chi connectivity index (χ0n) is 24.1. The summed E-state index contributed by atoms with van der Waals surface area (Å²) in [5, 5.41) is 10.7. The van der Waals surface area contributed by atoms with Crippen molar-refractivity contribution < 1.29 is 27.4 Å². The molecule has 2 atom stereocenters. The summed E-state index contributed by atoms with van der Waals surface area (Å²) in [7, 11) is 0. The summed E-state index contributed by atoms with van der Waals surface area (Å²) in [6.45, 7) is 3.37. The molecule has 0 bridgehead atoms. The van der Waals surface area contributed by atoms with Crippen LogP contribution in [0, 0.1) is 6.92 Å². The Bertz CT molecular complexity index is 1740. The number of anilines is 2. The second-order valence-corrected chi connectivity index (χ2v) is 10.8. The third kappa shape index (κ3) is 5.54. The highest BCUT2D eigenvalue weighted by atomic mass is 19.3. The SMILES string of the molecule is Cc1cc(-n2ncc(C(=O)C3Nc4cc(C5=CNCN=C5)c(OCC(F)F)cc4C3C)c2N)ccc1OC1=C(F)C=CCC1. The number of aliphatic imine (C=N–C) groups is 1. The van der Waals surface area contributed by atoms with Crippen molar-refractivity contribution in [3.63, 3.8) is 0 Å². The second kappa shape index (κ2) is 11.9. The smallest absolute Gasteiger partial charge is 0.272 e. The zero-order valence-corrected chi connectivity index (χ0v) is 24.1. The van der Waals surface area contributed by atoms with E-state index in [4.69, 9.17) is 15.2 Å². The number of aromatic nitrogens is 2. The van der Waals surface area contributed by atoms with Crippen LogP contribution >= 0.6 is 0 Å². The van der Waals surface area contributed by atoms with Crippen LogP contribution in [0.5, 0.6) is 11.5 Å². The Morgan fingerprint density at radius 1 is 1.23 bits per heavy atom. The molecule has 12 heteroatoms. The Hall–Kier alpha value is -5.00. The third-order valence-electron chi connectivity index (χ3n) is 7.86. The van der Waals surface area contributed by atoms with Gasteiger partial charge in [0, 0.05) is 41.6 Å². The Morgan fingerprint density at radius 2 is 2.07 bits per heavy atom. The number of hydrogen-bond acceptors (Lipinski definition) is 8. The van der Waals surface area contributed by atoms with Gasteiger partial charge in [-0.2, -0.15) is 5.10 Å². The average molecular weight is 605 g/mol. The summed E-state index contributed by atoms with van der Waals surface area (Å²) in [6, 6.07) is 8.07. The lowest BCUT2D eigenvalue weighted by molar-refractivity contribution is 0.0817. The second-order valence-electron chi connectivity index (χ2n) is 10.8. The number of nitrogens with one attached hydrogen (secondary N) is 2. The Morgan fingerprint density at radius 3 is 2.80 bits per heavy atom. The number of Topliss-reactive ketones (excluding diaryl/α,β-unsaturated/α-hetero) is 1. The van der Waals surface area contributed by atoms with Crippen LogP contribution in [0.4, 0.5) is 24.7 Å². The topological polar surface area (TPSA) is 116 Å². The number of carbonyl (C=O) groups is 1. The van der Waals surface area contributed by atoms with Gasteiger partial charge in [-0.3, -0.25) is 9.79 Å². The van der Waals surface area contributed by atoms with Crippen LogP contribution in [0.25, 0.3) is 11.3 Å². The number of halogens is 3. The van der Waals surface area contributed by atoms with Crippen molar-refractivity contribution in [2.75, 3.05) is 24.3 Å². The van der Waals surface area contributed by atoms with E-state index in [2.05, 4.69) is 20.7 Å². The maximum atomic E-state index is 14.1. The van der Waals surface area contributed by atoms with Gasteiger partial charge < -0.3 is 25.8 Å². The number of allylic oxidation sites excluding steroid dienone is 5. The van der Waals surface area contributed by atoms with E-state index in [0.29, 0.717) is 47.8 Å². The Balaban J connectivity index is 1.24. The van der Waals surface area contributed by atoms with Crippen LogP contribution in [0.15, 0.2) is 71.5 Å². The Labute approximate surface area is 251 Å². The number of carbonyl (C=O) groups excluding carboxylic acids is 1. The lowest BCUT2D eigenvalue weighted by Crippen LogP contribution is -2.30. The van der Waals surface area contributed by atoms with Crippen LogP contribution in [0.1, 0.15) is 52.7 Å². The summed E-state index contributed by atoms with van der Waals surface area (Å²) in [4.78, 5) is 18.0. The minimum Gasteiger partial charge on any atom is -0.487 e. The molecule has 9 nitrogen and oxygen atoms in total. The molecule has 0 saturated heterocycles. The number of hydrogen-bond donors (Lipinski definition) is 3. The molecule has 3 aromatic rings. The number of nitrogens with zero attached hydrogens (tertiary/aromatic N) is 3. The van der Waals surface area contributed by atoms with Gasteiger partial charge >= 0.3 is 0 Å². The molecule has 44 heavy (non-hydrogen) atoms. The van der Waals surface area contributed by atoms with Gasteiger partial charge in [-0.15, -0.1) is 0 Å². The van der Waals surface area contributed by atoms with Crippen LogP contribution in [0.2, 0.25) is 0 Å². The molecule has 2 unspecified atom stereocenters. The van der Waals surface area contributed by atoms with E-state index in [1.807, 2.05) is 13.8 Å². The number of alkyl halides is 2. The van der Waals surface area contributed by atoms with Gasteiger partial charge in [0.25, 0.3) is 6.43 Å². The van der Waals surface area contributed by atoms with Crippen LogP contribution < -0.4 is 25.8 Å². The first-order valence-electron chi connectivity index (χ1n) is 14.2. The molecular weight excluding hydrogens is 573 g/mol. The Kier molecular flexibility index (Phi) is 7.90. The van der Waals surface area contributed by atoms with Crippen molar-refractivity contribution in [2.24, 2.45) is 4.99 Å². The van der Waals surface area contributed by atoms with Crippen molar-refractivity contribution in [3.8, 4) is 17.2 Å². The van der Waals surface area contributed by atoms with E-state index < -0.39 is 19.1 Å². The van der Waals surface area contributed by atoms with Crippen molar-refractivity contribution in [1.29, 1.82) is 0 Å². The van der Waals surface area contributed by atoms with Gasteiger partial charge in [0.1, 0.15) is 36.4 Å². The van der Waals surface area contributed by atoms with Crippen LogP contribution in [-0.4, -0.2) is 47.5 Å². The van der Waals surface area contributed by atoms with E-state index in [0.717, 1.165) is 11.1 Å². The van der Waals surface area contributed by atoms with Crippen LogP contribution in [0.3, 0.4) is 0 Å². The summed E-state index contributed by atoms with van der Waals surface area (Å²) >= 11 is 0. The minimum absolute atomic E-state index is 0.162. The number of nitrogen functional groups attached to an aromatic ring is 1. The predicted octanol–water partition coefficient (Wildman–Crippen LogP) is 6.07. The molecule has 2 aliphatic heterocycles. The highest BCUT2D eigenvalue weighted by molar-refractivity contribution is 6.12. The molecule has 2 aromatic carbocycles. The number of rotatable bonds is 9. The average Bonchev–Trinajstić information content (AvgIpc) is 3.56. The molecule has 4 N–H and O–H groups in total. The molecule has 1 aliphatic carbocycles. The number of benzene rings is 2. The van der Waals surface area contributed by atoms with E-state index in [-0.39, 0.29) is 40.4 Å². The fraction of sp³-hybridized carbons (Fsp3) is 0.281. The highest BCUT2D eigenvalue weighted by Crippen LogP contribution is 2.43. The maximum Gasteiger partial charge on any atom is 0.272 e. The molecule has 0 amide bonds. The molecule has 0 spiro atoms. The van der Waals surface area contributed by atoms with Crippen molar-refractivity contribution >= 4 is 29.1 Å². The van der Waals surface area contributed by atoms with Gasteiger partial charge in [0.05, 0.1) is 23.5 Å². The molecular formula is C32H31F3N6O3. The number of ketones is 1. The normalized spacial score (nSPS) is 19.0. The number of ether oxygens (including phenoxy) is 2. The fourth-order valence-corrected chi connectivity index (χ4v) is 5.54. The summed E-state index contributed by atoms with van der Waals surface area (Å²) in [5.41, 5.74) is 10.7. The lowest BCUT2D eigenvalue weighted by atomic mass is 9.91. The van der Waals surface area contributed by atoms with Crippen LogP contribution in [-0.2, 0) is 0 Å². The molecule has 0 fully saturated rings. The summed E-state index contributed by atoms with van der Waals surface area (Å²) in [5.74, 6) is 0.268. The van der Waals surface area contributed by atoms with E-state index in [9.17, 15) is 18.0 Å². The van der Waals surface area contributed by atoms with Gasteiger partial charge in [0.15, 0.2) is 11.6 Å². The largest absolute Gasteiger partial charge is 0.487 e. The van der Waals surface area contributed by atoms with Crippen molar-refractivity contribution in [1.82, 2.24) is 15.1 Å². The summed E-state index contributed by atoms with van der Waals surface area (Å²) in [6.07, 6.45) is 6.53. The first kappa shape index (κ1) is 29.1. The maximum absolute atomic E-state index is 14.1. The zero-order chi connectivity index (χ0) is 31.0. The first-order valence-corrected chi connectivity index (χ1v) is 14.2. The van der Waals surface area contributed by atoms with Gasteiger partial charge in [0.2, 0.25) is 0 Å². The van der Waals surface area contributed by atoms with Crippen molar-refractivity contribution in [3.05, 3.63) is 88.7 Å². The number of nitrogens with two attached hydrogens (primary N) is 1. The third-order valence-corrected chi connectivity index (χ3v) is 7.86. The van der Waals surface area contributed by atoms with Gasteiger partial charge in [-0.25, -0.2) is 17.9 Å². The van der Waals surface area contributed by atoms with E-state index in [1.165, 1.54) is 17.0 Å². The monoisotopic (exact) mass is 604 g/mol. The number of aryl methyl sites for hydroxylation is 1. The molecule has 0 saturated carbocycles. The highest BCUT2D eigenvalue weighted by Gasteiger charge is 2.37. The fourth-order valence-electron chi connectivity index (χ4n) is 5.54. The molecule has 228 valence electrons. The molecule has 6 rings (SSSR count). The standard InChI is InChI=1S/C32H31F3N6O3/c1-17-9-20(7-8-26(17)44-27-6-4-3-5-24(27)33)41-32(36)23(14-39-41)31(42)30-18(2)21-11-28(43-15-29(34)35)22(10-25(21)40-30)19-12-37-16-38-13-19/h3,5,7-14,18,29-30,37,40H,4,6,15-16,36H2,1-2H3. The summed E-state index contributed by atoms with van der Waals surface area (Å²) < 4.78 is 53.0. The molecule has 0 radical (unpaired) electrons. The van der Waals surface area contributed by atoms with E-state index in [1.54, 1.807) is 48.8 Å². The number of fused-ring (bicyclic) bond motifs is 1. The molecule has 3 aliphatic rings.